The highest BCUT2D eigenvalue weighted by Gasteiger charge is 2.44. The average molecular weight is 484 g/mol. The summed E-state index contributed by atoms with van der Waals surface area (Å²) in [6, 6.07) is 10.8. The molecule has 1 saturated carbocycles. The quantitative estimate of drug-likeness (QED) is 0.456. The summed E-state index contributed by atoms with van der Waals surface area (Å²) in [4.78, 5) is 40.9. The second kappa shape index (κ2) is 10.8. The fourth-order valence-corrected chi connectivity index (χ4v) is 3.73. The van der Waals surface area contributed by atoms with E-state index in [1.807, 2.05) is 19.1 Å². The van der Waals surface area contributed by atoms with Crippen molar-refractivity contribution in [1.29, 1.82) is 0 Å². The topological polar surface area (TPSA) is 128 Å². The number of aromatic hydroxyl groups is 1. The summed E-state index contributed by atoms with van der Waals surface area (Å²) < 4.78 is 5.23. The molecular formula is C26H33N3O6. The van der Waals surface area contributed by atoms with E-state index in [0.29, 0.717) is 24.1 Å². The molecule has 188 valence electrons. The SMILES string of the molecule is Cc1ccccc1NC(=O)C(c1cccc(O)c1)N(C(=O)C(CO)NC(=O)OC(C)(C)C)C1CC1. The number of para-hydroxylation sites is 1. The maximum atomic E-state index is 13.6. The third kappa shape index (κ3) is 6.95. The maximum Gasteiger partial charge on any atom is 0.408 e. The van der Waals surface area contributed by atoms with E-state index in [-0.39, 0.29) is 11.8 Å². The molecule has 2 atom stereocenters. The van der Waals surface area contributed by atoms with Crippen molar-refractivity contribution < 1.29 is 29.3 Å². The number of benzene rings is 2. The molecule has 4 N–H and O–H groups in total. The molecule has 2 aromatic rings. The van der Waals surface area contributed by atoms with Crippen molar-refractivity contribution in [2.24, 2.45) is 0 Å². The van der Waals surface area contributed by atoms with Crippen LogP contribution in [0.4, 0.5) is 10.5 Å². The van der Waals surface area contributed by atoms with Gasteiger partial charge in [-0.2, -0.15) is 0 Å². The number of hydrogen-bond donors (Lipinski definition) is 4. The molecule has 0 heterocycles. The van der Waals surface area contributed by atoms with Crippen molar-refractivity contribution in [3.8, 4) is 5.75 Å². The van der Waals surface area contributed by atoms with Crippen molar-refractivity contribution in [2.45, 2.75) is 64.3 Å². The smallest absolute Gasteiger partial charge is 0.408 e. The first-order chi connectivity index (χ1) is 16.5. The minimum Gasteiger partial charge on any atom is -0.508 e. The molecule has 0 saturated heterocycles. The zero-order chi connectivity index (χ0) is 25.8. The highest BCUT2D eigenvalue weighted by Crippen LogP contribution is 2.37. The van der Waals surface area contributed by atoms with Crippen LogP contribution in [0.15, 0.2) is 48.5 Å². The van der Waals surface area contributed by atoms with E-state index in [0.717, 1.165) is 5.56 Å². The summed E-state index contributed by atoms with van der Waals surface area (Å²) in [5.41, 5.74) is 1.06. The first kappa shape index (κ1) is 26.0. The lowest BCUT2D eigenvalue weighted by Gasteiger charge is -2.34. The number of aryl methyl sites for hydroxylation is 1. The van der Waals surface area contributed by atoms with E-state index in [2.05, 4.69) is 10.6 Å². The van der Waals surface area contributed by atoms with E-state index in [9.17, 15) is 24.6 Å². The van der Waals surface area contributed by atoms with Gasteiger partial charge in [0.2, 0.25) is 5.91 Å². The van der Waals surface area contributed by atoms with Gasteiger partial charge < -0.3 is 30.5 Å². The number of ether oxygens (including phenoxy) is 1. The molecule has 0 aliphatic heterocycles. The second-order valence-electron chi connectivity index (χ2n) is 9.66. The second-order valence-corrected chi connectivity index (χ2v) is 9.66. The number of anilines is 1. The number of nitrogens with zero attached hydrogens (tertiary/aromatic N) is 1. The molecule has 0 spiro atoms. The van der Waals surface area contributed by atoms with Crippen molar-refractivity contribution in [3.05, 3.63) is 59.7 Å². The molecule has 9 nitrogen and oxygen atoms in total. The molecule has 3 amide bonds. The molecule has 1 fully saturated rings. The van der Waals surface area contributed by atoms with Crippen LogP contribution in [-0.2, 0) is 14.3 Å². The fraction of sp³-hybridized carbons (Fsp3) is 0.423. The van der Waals surface area contributed by atoms with Crippen molar-refractivity contribution in [3.63, 3.8) is 0 Å². The van der Waals surface area contributed by atoms with Crippen LogP contribution in [0.25, 0.3) is 0 Å². The molecule has 0 bridgehead atoms. The molecule has 0 radical (unpaired) electrons. The van der Waals surface area contributed by atoms with Gasteiger partial charge in [-0.3, -0.25) is 9.59 Å². The summed E-state index contributed by atoms with van der Waals surface area (Å²) in [6.45, 7) is 6.24. The molecule has 3 rings (SSSR count). The number of phenols is 1. The fourth-order valence-electron chi connectivity index (χ4n) is 3.73. The largest absolute Gasteiger partial charge is 0.508 e. The highest BCUT2D eigenvalue weighted by molar-refractivity contribution is 5.99. The van der Waals surface area contributed by atoms with Crippen LogP contribution in [0.2, 0.25) is 0 Å². The van der Waals surface area contributed by atoms with Crippen molar-refractivity contribution in [1.82, 2.24) is 10.2 Å². The van der Waals surface area contributed by atoms with Crippen molar-refractivity contribution >= 4 is 23.6 Å². The summed E-state index contributed by atoms with van der Waals surface area (Å²) in [5.74, 6) is -1.14. The number of amides is 3. The molecule has 2 unspecified atom stereocenters. The predicted molar refractivity (Wildman–Crippen MR) is 131 cm³/mol. The first-order valence-corrected chi connectivity index (χ1v) is 11.6. The van der Waals surface area contributed by atoms with E-state index >= 15 is 0 Å². The van der Waals surface area contributed by atoms with Crippen LogP contribution < -0.4 is 10.6 Å². The number of carbonyl (C=O) groups excluding carboxylic acids is 3. The number of phenolic OH excluding ortho intramolecular Hbond substituents is 1. The van der Waals surface area contributed by atoms with Crippen LogP contribution in [0.3, 0.4) is 0 Å². The number of aliphatic hydroxyl groups is 1. The summed E-state index contributed by atoms with van der Waals surface area (Å²) in [5, 5.41) is 25.3. The molecule has 1 aliphatic rings. The molecule has 2 aromatic carbocycles. The monoisotopic (exact) mass is 483 g/mol. The lowest BCUT2D eigenvalue weighted by Crippen LogP contribution is -2.54. The molecule has 9 heteroatoms. The Hall–Kier alpha value is -3.59. The Morgan fingerprint density at radius 3 is 2.37 bits per heavy atom. The summed E-state index contributed by atoms with van der Waals surface area (Å²) >= 11 is 0. The number of hydrogen-bond acceptors (Lipinski definition) is 6. The molecule has 35 heavy (non-hydrogen) atoms. The van der Waals surface area contributed by atoms with Crippen LogP contribution >= 0.6 is 0 Å². The van der Waals surface area contributed by atoms with Crippen LogP contribution in [0, 0.1) is 6.92 Å². The third-order valence-corrected chi connectivity index (χ3v) is 5.48. The maximum absolute atomic E-state index is 13.6. The summed E-state index contributed by atoms with van der Waals surface area (Å²) in [7, 11) is 0. The average Bonchev–Trinajstić information content (AvgIpc) is 3.60. The van der Waals surface area contributed by atoms with Gasteiger partial charge in [0.05, 0.1) is 6.61 Å². The van der Waals surface area contributed by atoms with Crippen molar-refractivity contribution in [2.75, 3.05) is 11.9 Å². The Balaban J connectivity index is 1.95. The third-order valence-electron chi connectivity index (χ3n) is 5.48. The lowest BCUT2D eigenvalue weighted by atomic mass is 10.0. The Bertz CT molecular complexity index is 1080. The van der Waals surface area contributed by atoms with Crippen LogP contribution in [0.5, 0.6) is 5.75 Å². The molecule has 0 aromatic heterocycles. The van der Waals surface area contributed by atoms with Gasteiger partial charge in [0, 0.05) is 11.7 Å². The number of rotatable bonds is 8. The Morgan fingerprint density at radius 1 is 1.11 bits per heavy atom. The van der Waals surface area contributed by atoms with E-state index in [1.165, 1.54) is 17.0 Å². The van der Waals surface area contributed by atoms with Gasteiger partial charge in [0.1, 0.15) is 23.4 Å². The lowest BCUT2D eigenvalue weighted by molar-refractivity contribution is -0.142. The van der Waals surface area contributed by atoms with E-state index in [4.69, 9.17) is 4.74 Å². The van der Waals surface area contributed by atoms with Gasteiger partial charge >= 0.3 is 6.09 Å². The van der Waals surface area contributed by atoms with Gasteiger partial charge in [-0.1, -0.05) is 30.3 Å². The zero-order valence-electron chi connectivity index (χ0n) is 20.4. The molecular weight excluding hydrogens is 450 g/mol. The summed E-state index contributed by atoms with van der Waals surface area (Å²) in [6.07, 6.45) is 0.492. The van der Waals surface area contributed by atoms with Gasteiger partial charge in [0.15, 0.2) is 0 Å². The number of aliphatic hydroxyl groups excluding tert-OH is 1. The Morgan fingerprint density at radius 2 is 1.80 bits per heavy atom. The van der Waals surface area contributed by atoms with E-state index in [1.54, 1.807) is 45.0 Å². The standard InChI is InChI=1S/C26H33N3O6/c1-16-8-5-6-11-20(16)27-23(32)22(17-9-7-10-19(31)14-17)29(18-12-13-18)24(33)21(15-30)28-25(34)35-26(2,3)4/h5-11,14,18,21-22,30-31H,12-13,15H2,1-4H3,(H,27,32)(H,28,34). The van der Waals surface area contributed by atoms with Gasteiger partial charge in [0.25, 0.3) is 5.91 Å². The number of alkyl carbamates (subject to hydrolysis) is 1. The normalized spacial score (nSPS) is 15.0. The predicted octanol–water partition coefficient (Wildman–Crippen LogP) is 3.26. The van der Waals surface area contributed by atoms with Crippen LogP contribution in [-0.4, -0.2) is 57.3 Å². The minimum atomic E-state index is -1.31. The Labute approximate surface area is 205 Å². The Kier molecular flexibility index (Phi) is 8.01. The first-order valence-electron chi connectivity index (χ1n) is 11.6. The van der Waals surface area contributed by atoms with Gasteiger partial charge in [-0.05, 0) is 69.9 Å². The minimum absolute atomic E-state index is 0.0509. The highest BCUT2D eigenvalue weighted by atomic mass is 16.6. The van der Waals surface area contributed by atoms with E-state index < -0.39 is 42.2 Å². The molecule has 1 aliphatic carbocycles. The zero-order valence-corrected chi connectivity index (χ0v) is 20.4. The number of carbonyl (C=O) groups is 3. The van der Waals surface area contributed by atoms with Crippen LogP contribution in [0.1, 0.15) is 50.8 Å². The van der Waals surface area contributed by atoms with Gasteiger partial charge in [-0.15, -0.1) is 0 Å². The van der Waals surface area contributed by atoms with Gasteiger partial charge in [-0.25, -0.2) is 4.79 Å². The number of nitrogens with one attached hydrogen (secondary N) is 2.